The van der Waals surface area contributed by atoms with Crippen molar-refractivity contribution in [1.29, 1.82) is 0 Å². The number of nitrogens with zero attached hydrogens (tertiary/aromatic N) is 2. The highest BCUT2D eigenvalue weighted by atomic mass is 16.3. The van der Waals surface area contributed by atoms with Gasteiger partial charge in [-0.1, -0.05) is 45.9 Å². The van der Waals surface area contributed by atoms with Crippen LogP contribution in [0.15, 0.2) is 30.3 Å². The van der Waals surface area contributed by atoms with Gasteiger partial charge in [-0.2, -0.15) is 0 Å². The maximum atomic E-state index is 12.4. The molecule has 1 unspecified atom stereocenters. The highest BCUT2D eigenvalue weighted by Gasteiger charge is 2.35. The fraction of sp³-hybridized carbons (Fsp3) is 0.632. The lowest BCUT2D eigenvalue weighted by atomic mass is 10.0. The summed E-state index contributed by atoms with van der Waals surface area (Å²) in [5.74, 6) is 0.0652. The van der Waals surface area contributed by atoms with Crippen LogP contribution in [0.3, 0.4) is 0 Å². The molecule has 136 valence electrons. The molecule has 2 N–H and O–H groups in total. The Morgan fingerprint density at radius 3 is 2.25 bits per heavy atom. The average Bonchev–Trinajstić information content (AvgIpc) is 2.64. The van der Waals surface area contributed by atoms with E-state index in [1.165, 1.54) is 0 Å². The molecule has 1 amide bonds. The molecule has 3 rings (SSSR count). The van der Waals surface area contributed by atoms with Crippen LogP contribution < -0.4 is 5.32 Å². The quantitative estimate of drug-likeness (QED) is 0.885. The van der Waals surface area contributed by atoms with Gasteiger partial charge in [0.05, 0.1) is 12.6 Å². The second kappa shape index (κ2) is 11.2. The lowest BCUT2D eigenvalue weighted by Crippen LogP contribution is -2.66. The van der Waals surface area contributed by atoms with Crippen molar-refractivity contribution < 1.29 is 9.90 Å². The number of carbonyl (C=O) groups is 1. The summed E-state index contributed by atoms with van der Waals surface area (Å²) < 4.78 is 0. The van der Waals surface area contributed by atoms with Crippen LogP contribution in [0.1, 0.15) is 38.1 Å². The molecule has 1 atom stereocenters. The summed E-state index contributed by atoms with van der Waals surface area (Å²) in [5.41, 5.74) is 0.725. The topological polar surface area (TPSA) is 55.8 Å². The Morgan fingerprint density at radius 2 is 1.75 bits per heavy atom. The number of carbonyl (C=O) groups excluding carboxylic acids is 1. The van der Waals surface area contributed by atoms with Gasteiger partial charge in [0.25, 0.3) is 5.91 Å². The van der Waals surface area contributed by atoms with Gasteiger partial charge in [-0.3, -0.25) is 9.69 Å². The van der Waals surface area contributed by atoms with Gasteiger partial charge >= 0.3 is 0 Å². The van der Waals surface area contributed by atoms with E-state index >= 15 is 0 Å². The minimum absolute atomic E-state index is 0.0588. The zero-order chi connectivity index (χ0) is 17.9. The molecule has 1 aromatic rings. The highest BCUT2D eigenvalue weighted by molar-refractivity contribution is 5.94. The van der Waals surface area contributed by atoms with E-state index in [-0.39, 0.29) is 18.6 Å². The molecule has 2 saturated heterocycles. The van der Waals surface area contributed by atoms with E-state index in [1.807, 2.05) is 62.9 Å². The number of piperazine rings is 1. The van der Waals surface area contributed by atoms with Crippen LogP contribution in [0.2, 0.25) is 0 Å². The standard InChI is InChI=1S/C15H21N3O2.2C2H6/c19-11-14-10-17(6-7-18(14)13-8-16-9-13)15(20)12-4-2-1-3-5-12;2*1-2/h1-5,13-14,16,19H,6-11H2;2*1-2H3. The first-order valence-electron chi connectivity index (χ1n) is 9.21. The first kappa shape index (κ1) is 20.6. The molecule has 0 radical (unpaired) electrons. The Labute approximate surface area is 146 Å². The van der Waals surface area contributed by atoms with Crippen LogP contribution in [0, 0.1) is 0 Å². The zero-order valence-electron chi connectivity index (χ0n) is 15.5. The Morgan fingerprint density at radius 1 is 1.12 bits per heavy atom. The van der Waals surface area contributed by atoms with Gasteiger partial charge in [-0.25, -0.2) is 0 Å². The number of aliphatic hydroxyl groups is 1. The van der Waals surface area contributed by atoms with E-state index < -0.39 is 0 Å². The Bertz CT molecular complexity index is 463. The van der Waals surface area contributed by atoms with Gasteiger partial charge < -0.3 is 15.3 Å². The molecule has 2 aliphatic heterocycles. The van der Waals surface area contributed by atoms with Gasteiger partial charge in [0, 0.05) is 44.3 Å². The molecule has 5 heteroatoms. The van der Waals surface area contributed by atoms with Gasteiger partial charge in [-0.15, -0.1) is 0 Å². The molecule has 0 saturated carbocycles. The second-order valence-electron chi connectivity index (χ2n) is 5.50. The van der Waals surface area contributed by atoms with Gasteiger partial charge in [0.1, 0.15) is 0 Å². The van der Waals surface area contributed by atoms with Crippen LogP contribution >= 0.6 is 0 Å². The van der Waals surface area contributed by atoms with Crippen LogP contribution in [-0.4, -0.2) is 72.2 Å². The molecule has 1 aromatic carbocycles. The maximum absolute atomic E-state index is 12.4. The van der Waals surface area contributed by atoms with Crippen LogP contribution in [-0.2, 0) is 0 Å². The average molecular weight is 335 g/mol. The predicted octanol–water partition coefficient (Wildman–Crippen LogP) is 1.83. The number of rotatable bonds is 3. The summed E-state index contributed by atoms with van der Waals surface area (Å²) in [4.78, 5) is 16.6. The number of nitrogens with one attached hydrogen (secondary N) is 1. The van der Waals surface area contributed by atoms with Crippen molar-refractivity contribution in [1.82, 2.24) is 15.1 Å². The van der Waals surface area contributed by atoms with Crippen LogP contribution in [0.4, 0.5) is 0 Å². The van der Waals surface area contributed by atoms with E-state index in [0.717, 1.165) is 31.7 Å². The van der Waals surface area contributed by atoms with Crippen molar-refractivity contribution in [3.8, 4) is 0 Å². The van der Waals surface area contributed by atoms with E-state index in [0.29, 0.717) is 12.6 Å². The first-order chi connectivity index (χ1) is 11.8. The summed E-state index contributed by atoms with van der Waals surface area (Å²) in [7, 11) is 0. The van der Waals surface area contributed by atoms with Crippen molar-refractivity contribution in [2.24, 2.45) is 0 Å². The van der Waals surface area contributed by atoms with Gasteiger partial charge in [0.2, 0.25) is 0 Å². The van der Waals surface area contributed by atoms with E-state index in [4.69, 9.17) is 0 Å². The molecule has 0 spiro atoms. The molecule has 24 heavy (non-hydrogen) atoms. The molecule has 5 nitrogen and oxygen atoms in total. The Balaban J connectivity index is 0.000000671. The molecular weight excluding hydrogens is 302 g/mol. The molecule has 0 aliphatic carbocycles. The van der Waals surface area contributed by atoms with Crippen molar-refractivity contribution in [2.75, 3.05) is 39.3 Å². The van der Waals surface area contributed by atoms with Crippen LogP contribution in [0.5, 0.6) is 0 Å². The SMILES string of the molecule is CC.CC.O=C(c1ccccc1)N1CCN(C2CNC2)C(CO)C1. The molecule has 2 fully saturated rings. The zero-order valence-corrected chi connectivity index (χ0v) is 15.5. The molecule has 0 bridgehead atoms. The van der Waals surface area contributed by atoms with Gasteiger partial charge in [-0.05, 0) is 12.1 Å². The molecular formula is C19H33N3O2. The van der Waals surface area contributed by atoms with E-state index in [9.17, 15) is 9.90 Å². The molecule has 2 heterocycles. The lowest BCUT2D eigenvalue weighted by Gasteiger charge is -2.47. The Hall–Kier alpha value is -1.43. The van der Waals surface area contributed by atoms with Crippen molar-refractivity contribution >= 4 is 5.91 Å². The van der Waals surface area contributed by atoms with Crippen molar-refractivity contribution in [3.63, 3.8) is 0 Å². The summed E-state index contributed by atoms with van der Waals surface area (Å²) in [5, 5.41) is 12.9. The van der Waals surface area contributed by atoms with Crippen molar-refractivity contribution in [3.05, 3.63) is 35.9 Å². The maximum Gasteiger partial charge on any atom is 0.253 e. The number of hydrogen-bond acceptors (Lipinski definition) is 4. The minimum atomic E-state index is 0.0588. The second-order valence-corrected chi connectivity index (χ2v) is 5.50. The van der Waals surface area contributed by atoms with Crippen LogP contribution in [0.25, 0.3) is 0 Å². The summed E-state index contributed by atoms with van der Waals surface area (Å²) >= 11 is 0. The third-order valence-electron chi connectivity index (χ3n) is 4.28. The largest absolute Gasteiger partial charge is 0.395 e. The normalized spacial score (nSPS) is 20.9. The summed E-state index contributed by atoms with van der Waals surface area (Å²) in [6.07, 6.45) is 0. The molecule has 0 aromatic heterocycles. The van der Waals surface area contributed by atoms with Crippen molar-refractivity contribution in [2.45, 2.75) is 39.8 Å². The smallest absolute Gasteiger partial charge is 0.253 e. The lowest BCUT2D eigenvalue weighted by molar-refractivity contribution is 0.000353. The highest BCUT2D eigenvalue weighted by Crippen LogP contribution is 2.17. The Kier molecular flexibility index (Phi) is 9.60. The fourth-order valence-corrected chi connectivity index (χ4v) is 2.97. The number of benzene rings is 1. The minimum Gasteiger partial charge on any atom is -0.395 e. The number of amides is 1. The number of aliphatic hydroxyl groups excluding tert-OH is 1. The van der Waals surface area contributed by atoms with E-state index in [1.54, 1.807) is 0 Å². The predicted molar refractivity (Wildman–Crippen MR) is 99.3 cm³/mol. The van der Waals surface area contributed by atoms with Gasteiger partial charge in [0.15, 0.2) is 0 Å². The number of hydrogen-bond donors (Lipinski definition) is 2. The monoisotopic (exact) mass is 335 g/mol. The summed E-state index contributed by atoms with van der Waals surface area (Å²) in [6.45, 7) is 12.3. The third-order valence-corrected chi connectivity index (χ3v) is 4.28. The van der Waals surface area contributed by atoms with E-state index in [2.05, 4.69) is 10.2 Å². The molecule has 2 aliphatic rings. The third kappa shape index (κ3) is 5.03. The first-order valence-corrected chi connectivity index (χ1v) is 9.21. The summed E-state index contributed by atoms with van der Waals surface area (Å²) in [6, 6.07) is 9.94. The fourth-order valence-electron chi connectivity index (χ4n) is 2.97.